The first-order chi connectivity index (χ1) is 2.94. The van der Waals surface area contributed by atoms with Crippen molar-refractivity contribution in [2.24, 2.45) is 5.14 Å². The summed E-state index contributed by atoms with van der Waals surface area (Å²) in [5, 5.41) is 3.29. The molecule has 0 aromatic carbocycles. The van der Waals surface area contributed by atoms with Gasteiger partial charge in [0.15, 0.2) is 0 Å². The van der Waals surface area contributed by atoms with Crippen LogP contribution >= 0.6 is 0 Å². The Labute approximate surface area is 69.8 Å². The largest absolute Gasteiger partial charge is 0.281 e. The molecule has 0 saturated heterocycles. The molecule has 6 heteroatoms. The molecule has 0 bridgehead atoms. The maximum Gasteiger partial charge on any atom is 0.271 e. The minimum absolute atomic E-state index is 0. The zero-order valence-corrected chi connectivity index (χ0v) is 7.53. The summed E-state index contributed by atoms with van der Waals surface area (Å²) in [5.74, 6) is 0. The summed E-state index contributed by atoms with van der Waals surface area (Å²) in [7, 11) is -3.88. The first-order valence-electron chi connectivity index (χ1n) is 1.48. The standard InChI is InChI=1S/C2H5NO3S.Na/c1-2(4)7(3,5)6;/h1H3,(H2,3,5,6);. The molecule has 2 N–H and O–H groups in total. The van der Waals surface area contributed by atoms with E-state index in [1.807, 2.05) is 0 Å². The van der Waals surface area contributed by atoms with E-state index in [-0.39, 0.29) is 29.6 Å². The number of hydrogen-bond donors (Lipinski definition) is 1. The second-order valence-corrected chi connectivity index (χ2v) is 2.70. The molecule has 0 rings (SSSR count). The van der Waals surface area contributed by atoms with Gasteiger partial charge in [0.1, 0.15) is 0 Å². The fraction of sp³-hybridized carbons (Fsp3) is 0.500. The molecule has 0 aromatic heterocycles. The molecule has 8 heavy (non-hydrogen) atoms. The van der Waals surface area contributed by atoms with Crippen LogP contribution in [-0.2, 0) is 14.8 Å². The average molecular weight is 146 g/mol. The maximum absolute atomic E-state index is 9.76. The van der Waals surface area contributed by atoms with Gasteiger partial charge < -0.3 is 0 Å². The average Bonchev–Trinajstić information content (AvgIpc) is 1.31. The van der Waals surface area contributed by atoms with Crippen molar-refractivity contribution in [2.45, 2.75) is 6.92 Å². The number of sulfonamides is 1. The maximum atomic E-state index is 9.76. The van der Waals surface area contributed by atoms with E-state index < -0.39 is 15.1 Å². The fourth-order valence-electron chi connectivity index (χ4n) is 0. The number of carbonyl (C=O) groups is 1. The van der Waals surface area contributed by atoms with Gasteiger partial charge in [-0.1, -0.05) is 0 Å². The third-order valence-corrected chi connectivity index (χ3v) is 1.20. The van der Waals surface area contributed by atoms with Crippen molar-refractivity contribution in [1.29, 1.82) is 0 Å². The van der Waals surface area contributed by atoms with E-state index in [0.717, 1.165) is 6.92 Å². The van der Waals surface area contributed by atoms with Gasteiger partial charge in [0.25, 0.3) is 15.1 Å². The van der Waals surface area contributed by atoms with Gasteiger partial charge in [0.2, 0.25) is 0 Å². The van der Waals surface area contributed by atoms with Gasteiger partial charge in [-0.15, -0.1) is 0 Å². The van der Waals surface area contributed by atoms with Crippen LogP contribution in [0, 0.1) is 0 Å². The summed E-state index contributed by atoms with van der Waals surface area (Å²) < 4.78 is 19.5. The number of hydrogen-bond acceptors (Lipinski definition) is 3. The third-order valence-electron chi connectivity index (χ3n) is 0.401. The molecule has 0 heterocycles. The summed E-state index contributed by atoms with van der Waals surface area (Å²) in [6, 6.07) is 0. The Morgan fingerprint density at radius 1 is 1.50 bits per heavy atom. The van der Waals surface area contributed by atoms with E-state index in [1.165, 1.54) is 0 Å². The predicted molar refractivity (Wildman–Crippen MR) is 29.5 cm³/mol. The summed E-state index contributed by atoms with van der Waals surface area (Å²) in [6.07, 6.45) is 0. The van der Waals surface area contributed by atoms with Crippen LogP contribution in [0.3, 0.4) is 0 Å². The Kier molecular flexibility index (Phi) is 5.09. The van der Waals surface area contributed by atoms with Crippen molar-refractivity contribution in [3.05, 3.63) is 0 Å². The molecular formula is C2H5NNaO3S. The van der Waals surface area contributed by atoms with E-state index in [4.69, 9.17) is 0 Å². The van der Waals surface area contributed by atoms with Crippen molar-refractivity contribution in [3.8, 4) is 0 Å². The van der Waals surface area contributed by atoms with E-state index in [1.54, 1.807) is 0 Å². The van der Waals surface area contributed by atoms with Crippen LogP contribution in [0.5, 0.6) is 0 Å². The molecule has 0 aliphatic carbocycles. The summed E-state index contributed by atoms with van der Waals surface area (Å²) in [6.45, 7) is 0.898. The third kappa shape index (κ3) is 4.73. The van der Waals surface area contributed by atoms with Crippen molar-refractivity contribution in [3.63, 3.8) is 0 Å². The van der Waals surface area contributed by atoms with Gasteiger partial charge in [-0.25, -0.2) is 13.6 Å². The zero-order valence-electron chi connectivity index (χ0n) is 4.71. The molecule has 0 spiro atoms. The van der Waals surface area contributed by atoms with E-state index in [0.29, 0.717) is 0 Å². The molecule has 0 unspecified atom stereocenters. The van der Waals surface area contributed by atoms with Crippen LogP contribution in [0.1, 0.15) is 6.92 Å². The molecule has 0 aliphatic heterocycles. The van der Waals surface area contributed by atoms with Gasteiger partial charge in [-0.2, -0.15) is 0 Å². The topological polar surface area (TPSA) is 77.2 Å². The van der Waals surface area contributed by atoms with Crippen LogP contribution in [-0.4, -0.2) is 43.1 Å². The van der Waals surface area contributed by atoms with Gasteiger partial charge in [-0.05, 0) is 0 Å². The van der Waals surface area contributed by atoms with Crippen molar-refractivity contribution in [2.75, 3.05) is 0 Å². The number of nitrogens with two attached hydrogens (primary N) is 1. The Morgan fingerprint density at radius 2 is 1.62 bits per heavy atom. The Hall–Kier alpha value is 0.580. The Balaban J connectivity index is 0. The zero-order chi connectivity index (χ0) is 6.08. The Morgan fingerprint density at radius 3 is 1.62 bits per heavy atom. The number of primary sulfonamides is 1. The van der Waals surface area contributed by atoms with Crippen LogP contribution < -0.4 is 5.14 Å². The minimum Gasteiger partial charge on any atom is -0.281 e. The van der Waals surface area contributed by atoms with E-state index >= 15 is 0 Å². The monoisotopic (exact) mass is 146 g/mol. The molecule has 0 aliphatic rings. The second-order valence-electron chi connectivity index (χ2n) is 1.04. The molecule has 0 atom stereocenters. The van der Waals surface area contributed by atoms with Crippen molar-refractivity contribution >= 4 is 44.7 Å². The van der Waals surface area contributed by atoms with Crippen molar-refractivity contribution in [1.82, 2.24) is 0 Å². The summed E-state index contributed by atoms with van der Waals surface area (Å²) in [4.78, 5) is 9.75. The van der Waals surface area contributed by atoms with Crippen LogP contribution in [0.15, 0.2) is 0 Å². The van der Waals surface area contributed by atoms with Gasteiger partial charge in [0, 0.05) is 36.5 Å². The molecule has 1 radical (unpaired) electrons. The number of carbonyl (C=O) groups excluding carboxylic acids is 1. The minimum atomic E-state index is -3.88. The Bertz CT molecular complexity index is 172. The number of rotatable bonds is 0. The molecule has 0 amide bonds. The quantitative estimate of drug-likeness (QED) is 0.420. The SMILES string of the molecule is CC(=O)S(N)(=O)=O.[Na]. The van der Waals surface area contributed by atoms with E-state index in [9.17, 15) is 13.2 Å². The summed E-state index contributed by atoms with van der Waals surface area (Å²) >= 11 is 0. The molecule has 0 saturated carbocycles. The first kappa shape index (κ1) is 11.4. The van der Waals surface area contributed by atoms with Crippen LogP contribution in [0.2, 0.25) is 0 Å². The van der Waals surface area contributed by atoms with Gasteiger partial charge in [0.05, 0.1) is 0 Å². The fourth-order valence-corrected chi connectivity index (χ4v) is 0. The predicted octanol–water partition coefficient (Wildman–Crippen LogP) is -1.56. The van der Waals surface area contributed by atoms with Crippen LogP contribution in [0.25, 0.3) is 0 Å². The van der Waals surface area contributed by atoms with Crippen LogP contribution in [0.4, 0.5) is 0 Å². The molecule has 43 valence electrons. The van der Waals surface area contributed by atoms with Crippen molar-refractivity contribution < 1.29 is 13.2 Å². The summed E-state index contributed by atoms with van der Waals surface area (Å²) in [5.41, 5.74) is 0. The molecule has 0 aromatic rings. The van der Waals surface area contributed by atoms with E-state index in [2.05, 4.69) is 5.14 Å². The van der Waals surface area contributed by atoms with Gasteiger partial charge >= 0.3 is 0 Å². The smallest absolute Gasteiger partial charge is 0.271 e. The normalized spacial score (nSPS) is 9.75. The molecule has 0 fully saturated rings. The molecular weight excluding hydrogens is 141 g/mol. The second kappa shape index (κ2) is 3.58. The molecule has 4 nitrogen and oxygen atoms in total. The van der Waals surface area contributed by atoms with Gasteiger partial charge in [-0.3, -0.25) is 4.79 Å². The first-order valence-corrected chi connectivity index (χ1v) is 3.02.